The highest BCUT2D eigenvalue weighted by Crippen LogP contribution is 2.24. The first-order valence-electron chi connectivity index (χ1n) is 6.75. The molecule has 0 N–H and O–H groups in total. The van der Waals surface area contributed by atoms with E-state index in [1.165, 1.54) is 7.11 Å². The first-order chi connectivity index (χ1) is 10.1. The third-order valence-corrected chi connectivity index (χ3v) is 3.57. The van der Waals surface area contributed by atoms with Crippen molar-refractivity contribution in [1.82, 2.24) is 9.55 Å². The van der Waals surface area contributed by atoms with Gasteiger partial charge in [0.1, 0.15) is 5.82 Å². The molecule has 0 aliphatic carbocycles. The Kier molecular flexibility index (Phi) is 3.22. The maximum absolute atomic E-state index is 11.7. The number of carbonyl (C=O) groups is 1. The largest absolute Gasteiger partial charge is 0.465 e. The number of aromatic nitrogens is 2. The fourth-order valence-electron chi connectivity index (χ4n) is 2.62. The van der Waals surface area contributed by atoms with E-state index in [-0.39, 0.29) is 5.97 Å². The summed E-state index contributed by atoms with van der Waals surface area (Å²) in [5.74, 6) is 0.553. The van der Waals surface area contributed by atoms with Crippen molar-refractivity contribution in [3.63, 3.8) is 0 Å². The fraction of sp³-hybridized carbons (Fsp3) is 0.176. The van der Waals surface area contributed by atoms with Crippen LogP contribution in [0.4, 0.5) is 0 Å². The molecule has 0 aliphatic rings. The normalized spacial score (nSPS) is 10.8. The summed E-state index contributed by atoms with van der Waals surface area (Å²) in [6.45, 7) is 4.02. The van der Waals surface area contributed by atoms with Crippen LogP contribution in [-0.4, -0.2) is 22.6 Å². The molecule has 21 heavy (non-hydrogen) atoms. The zero-order valence-electron chi connectivity index (χ0n) is 12.3. The van der Waals surface area contributed by atoms with Gasteiger partial charge in [0.05, 0.1) is 23.7 Å². The maximum Gasteiger partial charge on any atom is 0.337 e. The summed E-state index contributed by atoms with van der Waals surface area (Å²) in [4.78, 5) is 16.3. The molecule has 0 aliphatic heterocycles. The molecule has 0 atom stereocenters. The van der Waals surface area contributed by atoms with Gasteiger partial charge in [0, 0.05) is 5.69 Å². The van der Waals surface area contributed by atoms with Gasteiger partial charge in [-0.05, 0) is 43.7 Å². The molecule has 4 nitrogen and oxygen atoms in total. The summed E-state index contributed by atoms with van der Waals surface area (Å²) in [7, 11) is 1.39. The van der Waals surface area contributed by atoms with E-state index in [9.17, 15) is 4.79 Å². The number of aryl methyl sites for hydroxylation is 2. The van der Waals surface area contributed by atoms with Crippen molar-refractivity contribution >= 4 is 17.0 Å². The van der Waals surface area contributed by atoms with Crippen LogP contribution in [0.1, 0.15) is 21.7 Å². The molecule has 0 spiro atoms. The van der Waals surface area contributed by atoms with Gasteiger partial charge >= 0.3 is 5.97 Å². The first-order valence-corrected chi connectivity index (χ1v) is 6.75. The van der Waals surface area contributed by atoms with Crippen LogP contribution in [0, 0.1) is 13.8 Å². The summed E-state index contributed by atoms with van der Waals surface area (Å²) in [6.07, 6.45) is 0. The molecular formula is C17H16N2O2. The lowest BCUT2D eigenvalue weighted by atomic mass is 10.1. The average Bonchev–Trinajstić information content (AvgIpc) is 2.84. The quantitative estimate of drug-likeness (QED) is 0.675. The lowest BCUT2D eigenvalue weighted by Gasteiger charge is -2.10. The second kappa shape index (κ2) is 5.05. The van der Waals surface area contributed by atoms with Crippen LogP contribution >= 0.6 is 0 Å². The Balaban J connectivity index is 2.26. The zero-order chi connectivity index (χ0) is 15.0. The number of carbonyl (C=O) groups excluding carboxylic acids is 1. The highest BCUT2D eigenvalue weighted by atomic mass is 16.5. The van der Waals surface area contributed by atoms with E-state index in [0.717, 1.165) is 28.1 Å². The van der Waals surface area contributed by atoms with Crippen molar-refractivity contribution < 1.29 is 9.53 Å². The van der Waals surface area contributed by atoms with Gasteiger partial charge in [-0.1, -0.05) is 18.2 Å². The number of hydrogen-bond acceptors (Lipinski definition) is 3. The van der Waals surface area contributed by atoms with Crippen molar-refractivity contribution in [3.8, 4) is 5.69 Å². The van der Waals surface area contributed by atoms with E-state index in [4.69, 9.17) is 4.74 Å². The van der Waals surface area contributed by atoms with E-state index in [2.05, 4.69) is 22.5 Å². The molecule has 3 aromatic rings. The van der Waals surface area contributed by atoms with Gasteiger partial charge in [0.25, 0.3) is 0 Å². The molecule has 1 heterocycles. The van der Waals surface area contributed by atoms with Crippen molar-refractivity contribution in [2.45, 2.75) is 13.8 Å². The Morgan fingerprint density at radius 2 is 1.90 bits per heavy atom. The van der Waals surface area contributed by atoms with E-state index in [1.807, 2.05) is 37.3 Å². The second-order valence-electron chi connectivity index (χ2n) is 4.98. The molecule has 0 amide bonds. The molecule has 1 aromatic heterocycles. The number of hydrogen-bond donors (Lipinski definition) is 0. The van der Waals surface area contributed by atoms with Crippen molar-refractivity contribution in [2.24, 2.45) is 0 Å². The molecule has 0 saturated heterocycles. The van der Waals surface area contributed by atoms with E-state index < -0.39 is 0 Å². The van der Waals surface area contributed by atoms with Crippen LogP contribution in [0.2, 0.25) is 0 Å². The van der Waals surface area contributed by atoms with Gasteiger partial charge in [0.2, 0.25) is 0 Å². The molecule has 0 unspecified atom stereocenters. The van der Waals surface area contributed by atoms with Gasteiger partial charge < -0.3 is 4.74 Å². The molecular weight excluding hydrogens is 264 g/mol. The summed E-state index contributed by atoms with van der Waals surface area (Å²) in [5, 5.41) is 0. The predicted molar refractivity (Wildman–Crippen MR) is 81.9 cm³/mol. The highest BCUT2D eigenvalue weighted by molar-refractivity contribution is 5.90. The molecule has 0 bridgehead atoms. The van der Waals surface area contributed by atoms with Crippen LogP contribution in [-0.2, 0) is 4.74 Å². The minimum absolute atomic E-state index is 0.337. The van der Waals surface area contributed by atoms with E-state index in [1.54, 1.807) is 6.07 Å². The summed E-state index contributed by atoms with van der Waals surface area (Å²) >= 11 is 0. The van der Waals surface area contributed by atoms with Crippen molar-refractivity contribution in [3.05, 3.63) is 59.4 Å². The summed E-state index contributed by atoms with van der Waals surface area (Å²) in [6, 6.07) is 13.4. The van der Waals surface area contributed by atoms with Crippen LogP contribution in [0.15, 0.2) is 42.5 Å². The molecule has 0 radical (unpaired) electrons. The van der Waals surface area contributed by atoms with Gasteiger partial charge in [-0.25, -0.2) is 9.78 Å². The number of ether oxygens (including phenoxy) is 1. The summed E-state index contributed by atoms with van der Waals surface area (Å²) in [5.41, 5.74) is 4.61. The molecule has 2 aromatic carbocycles. The van der Waals surface area contributed by atoms with E-state index >= 15 is 0 Å². The summed E-state index contributed by atoms with van der Waals surface area (Å²) < 4.78 is 6.85. The monoisotopic (exact) mass is 280 g/mol. The Morgan fingerprint density at radius 3 is 2.67 bits per heavy atom. The molecule has 3 rings (SSSR count). The Bertz CT molecular complexity index is 834. The maximum atomic E-state index is 11.7. The number of benzene rings is 2. The SMILES string of the molecule is COC(=O)c1cccc(-n2c(C)nc3cccc(C)c32)c1. The Labute approximate surface area is 123 Å². The zero-order valence-corrected chi connectivity index (χ0v) is 12.3. The number of nitrogens with zero attached hydrogens (tertiary/aromatic N) is 2. The van der Waals surface area contributed by atoms with Gasteiger partial charge in [0.15, 0.2) is 0 Å². The number of methoxy groups -OCH3 is 1. The fourth-order valence-corrected chi connectivity index (χ4v) is 2.62. The lowest BCUT2D eigenvalue weighted by Crippen LogP contribution is -2.04. The van der Waals surface area contributed by atoms with Crippen LogP contribution in [0.3, 0.4) is 0 Å². The van der Waals surface area contributed by atoms with Crippen LogP contribution < -0.4 is 0 Å². The minimum atomic E-state index is -0.337. The van der Waals surface area contributed by atoms with Gasteiger partial charge in [-0.2, -0.15) is 0 Å². The smallest absolute Gasteiger partial charge is 0.337 e. The topological polar surface area (TPSA) is 44.1 Å². The second-order valence-corrected chi connectivity index (χ2v) is 4.98. The number of fused-ring (bicyclic) bond motifs is 1. The Morgan fingerprint density at radius 1 is 1.14 bits per heavy atom. The van der Waals surface area contributed by atoms with Crippen molar-refractivity contribution in [2.75, 3.05) is 7.11 Å². The standard InChI is InChI=1S/C17H16N2O2/c1-11-6-4-9-15-16(11)19(12(2)18-15)14-8-5-7-13(10-14)17(20)21-3/h4-10H,1-3H3. The Hall–Kier alpha value is -2.62. The highest BCUT2D eigenvalue weighted by Gasteiger charge is 2.13. The molecule has 4 heteroatoms. The predicted octanol–water partition coefficient (Wildman–Crippen LogP) is 3.43. The number of rotatable bonds is 2. The number of esters is 1. The van der Waals surface area contributed by atoms with Crippen LogP contribution in [0.5, 0.6) is 0 Å². The third kappa shape index (κ3) is 2.18. The van der Waals surface area contributed by atoms with Crippen LogP contribution in [0.25, 0.3) is 16.7 Å². The van der Waals surface area contributed by atoms with E-state index in [0.29, 0.717) is 5.56 Å². The molecule has 0 fully saturated rings. The molecule has 106 valence electrons. The molecule has 0 saturated carbocycles. The average molecular weight is 280 g/mol. The minimum Gasteiger partial charge on any atom is -0.465 e. The lowest BCUT2D eigenvalue weighted by molar-refractivity contribution is 0.0600. The van der Waals surface area contributed by atoms with Gasteiger partial charge in [-0.3, -0.25) is 4.57 Å². The number of para-hydroxylation sites is 1. The van der Waals surface area contributed by atoms with Crippen molar-refractivity contribution in [1.29, 1.82) is 0 Å². The number of imidazole rings is 1. The first kappa shape index (κ1) is 13.4. The van der Waals surface area contributed by atoms with Gasteiger partial charge in [-0.15, -0.1) is 0 Å². The third-order valence-electron chi connectivity index (χ3n) is 3.57.